The summed E-state index contributed by atoms with van der Waals surface area (Å²) in [5.41, 5.74) is 2.14. The highest BCUT2D eigenvalue weighted by molar-refractivity contribution is 7.09. The van der Waals surface area contributed by atoms with Gasteiger partial charge in [0.1, 0.15) is 10.8 Å². The van der Waals surface area contributed by atoms with Crippen LogP contribution >= 0.6 is 11.3 Å². The zero-order chi connectivity index (χ0) is 15.4. The van der Waals surface area contributed by atoms with Crippen molar-refractivity contribution >= 4 is 17.3 Å². The predicted molar refractivity (Wildman–Crippen MR) is 89.1 cm³/mol. The Kier molecular flexibility index (Phi) is 4.72. The molecule has 6 nitrogen and oxygen atoms in total. The second-order valence-corrected chi connectivity index (χ2v) is 6.40. The van der Waals surface area contributed by atoms with Crippen LogP contribution in [0.4, 0.5) is 0 Å². The summed E-state index contributed by atoms with van der Waals surface area (Å²) >= 11 is 1.66. The molecular formula is C15H22N6S. The minimum atomic E-state index is 0.691. The van der Waals surface area contributed by atoms with Crippen LogP contribution in [0.2, 0.25) is 0 Å². The van der Waals surface area contributed by atoms with Gasteiger partial charge in [0.25, 0.3) is 0 Å². The van der Waals surface area contributed by atoms with Crippen molar-refractivity contribution in [2.24, 2.45) is 4.99 Å². The number of hydrogen-bond acceptors (Lipinski definition) is 4. The molecule has 0 unspecified atom stereocenters. The summed E-state index contributed by atoms with van der Waals surface area (Å²) in [5, 5.41) is 9.72. The van der Waals surface area contributed by atoms with Crippen molar-refractivity contribution in [2.75, 3.05) is 7.05 Å². The highest BCUT2D eigenvalue weighted by Crippen LogP contribution is 2.14. The molecule has 118 valence electrons. The van der Waals surface area contributed by atoms with Crippen LogP contribution in [0.5, 0.6) is 0 Å². The van der Waals surface area contributed by atoms with Crippen molar-refractivity contribution in [1.82, 2.24) is 25.2 Å². The van der Waals surface area contributed by atoms with Crippen LogP contribution in [0.1, 0.15) is 35.1 Å². The Morgan fingerprint density at radius 3 is 2.91 bits per heavy atom. The first-order valence-electron chi connectivity index (χ1n) is 7.65. The topological polar surface area (TPSA) is 67.1 Å². The molecule has 0 fully saturated rings. The molecule has 2 N–H and O–H groups in total. The maximum atomic E-state index is 4.69. The second kappa shape index (κ2) is 6.91. The molecule has 3 rings (SSSR count). The van der Waals surface area contributed by atoms with Gasteiger partial charge in [0.15, 0.2) is 5.96 Å². The van der Waals surface area contributed by atoms with E-state index in [0.717, 1.165) is 35.3 Å². The average molecular weight is 318 g/mol. The number of aromatic nitrogens is 3. The van der Waals surface area contributed by atoms with Crippen LogP contribution in [-0.4, -0.2) is 27.5 Å². The lowest BCUT2D eigenvalue weighted by Crippen LogP contribution is -2.36. The van der Waals surface area contributed by atoms with Crippen molar-refractivity contribution in [2.45, 2.75) is 45.8 Å². The lowest BCUT2D eigenvalue weighted by atomic mass is 10.2. The summed E-state index contributed by atoms with van der Waals surface area (Å²) in [4.78, 5) is 13.4. The van der Waals surface area contributed by atoms with Crippen LogP contribution in [0.3, 0.4) is 0 Å². The molecular weight excluding hydrogens is 296 g/mol. The minimum Gasteiger partial charge on any atom is -0.351 e. The number of aryl methyl sites for hydroxylation is 3. The van der Waals surface area contributed by atoms with Crippen molar-refractivity contribution < 1.29 is 0 Å². The molecule has 2 aromatic rings. The van der Waals surface area contributed by atoms with Crippen LogP contribution < -0.4 is 10.6 Å². The predicted octanol–water partition coefficient (Wildman–Crippen LogP) is 1.85. The molecule has 0 atom stereocenters. The number of hydrogen-bond donors (Lipinski definition) is 2. The molecule has 7 heteroatoms. The Morgan fingerprint density at radius 2 is 2.18 bits per heavy atom. The Labute approximate surface area is 134 Å². The van der Waals surface area contributed by atoms with E-state index in [1.807, 2.05) is 6.92 Å². The van der Waals surface area contributed by atoms with E-state index in [1.54, 1.807) is 18.4 Å². The maximum Gasteiger partial charge on any atom is 0.191 e. The van der Waals surface area contributed by atoms with E-state index in [4.69, 9.17) is 0 Å². The normalized spacial score (nSPS) is 14.7. The third-order valence-electron chi connectivity index (χ3n) is 3.69. The highest BCUT2D eigenvalue weighted by atomic mass is 32.1. The fourth-order valence-electron chi connectivity index (χ4n) is 2.59. The molecule has 3 heterocycles. The van der Waals surface area contributed by atoms with Gasteiger partial charge >= 0.3 is 0 Å². The number of guanidine groups is 1. The molecule has 2 aromatic heterocycles. The van der Waals surface area contributed by atoms with E-state index in [2.05, 4.69) is 41.7 Å². The van der Waals surface area contributed by atoms with Crippen molar-refractivity contribution in [3.8, 4) is 0 Å². The molecule has 0 spiro atoms. The van der Waals surface area contributed by atoms with Gasteiger partial charge in [-0.25, -0.2) is 9.97 Å². The van der Waals surface area contributed by atoms with Crippen molar-refractivity contribution in [1.29, 1.82) is 0 Å². The monoisotopic (exact) mass is 318 g/mol. The largest absolute Gasteiger partial charge is 0.351 e. The first kappa shape index (κ1) is 15.0. The van der Waals surface area contributed by atoms with Gasteiger partial charge in [0.05, 0.1) is 18.8 Å². The molecule has 1 aliphatic heterocycles. The second-order valence-electron chi connectivity index (χ2n) is 5.46. The summed E-state index contributed by atoms with van der Waals surface area (Å²) in [5.74, 6) is 1.99. The van der Waals surface area contributed by atoms with Gasteiger partial charge in [-0.2, -0.15) is 0 Å². The van der Waals surface area contributed by atoms with Crippen molar-refractivity contribution in [3.63, 3.8) is 0 Å². The molecule has 0 radical (unpaired) electrons. The number of nitrogens with one attached hydrogen (secondary N) is 2. The van der Waals surface area contributed by atoms with Crippen LogP contribution in [0.15, 0.2) is 16.6 Å². The molecule has 0 aromatic carbocycles. The van der Waals surface area contributed by atoms with Gasteiger partial charge in [-0.1, -0.05) is 0 Å². The quantitative estimate of drug-likeness (QED) is 0.667. The molecule has 0 bridgehead atoms. The lowest BCUT2D eigenvalue weighted by molar-refractivity contribution is 0.522. The first-order chi connectivity index (χ1) is 10.7. The zero-order valence-corrected chi connectivity index (χ0v) is 13.9. The van der Waals surface area contributed by atoms with Gasteiger partial charge in [-0.15, -0.1) is 11.3 Å². The van der Waals surface area contributed by atoms with E-state index >= 15 is 0 Å². The number of aliphatic imine (C=N–C) groups is 1. The summed E-state index contributed by atoms with van der Waals surface area (Å²) < 4.78 is 2.27. The smallest absolute Gasteiger partial charge is 0.191 e. The highest BCUT2D eigenvalue weighted by Gasteiger charge is 2.12. The van der Waals surface area contributed by atoms with E-state index in [-0.39, 0.29) is 0 Å². The fraction of sp³-hybridized carbons (Fsp3) is 0.533. The Balaban J connectivity index is 1.51. The fourth-order valence-corrected chi connectivity index (χ4v) is 3.31. The first-order valence-corrected chi connectivity index (χ1v) is 8.53. The zero-order valence-electron chi connectivity index (χ0n) is 13.1. The molecule has 22 heavy (non-hydrogen) atoms. The summed E-state index contributed by atoms with van der Waals surface area (Å²) in [6.45, 7) is 4.49. The Bertz CT molecular complexity index is 633. The van der Waals surface area contributed by atoms with Gasteiger partial charge in [-0.3, -0.25) is 4.99 Å². The maximum absolute atomic E-state index is 4.69. The SMILES string of the molecule is CN=C(NCc1cn2c(n1)CCCC2)NCc1nc(C)cs1. The van der Waals surface area contributed by atoms with Crippen LogP contribution in [0.25, 0.3) is 0 Å². The molecule has 0 saturated carbocycles. The average Bonchev–Trinajstić information content (AvgIpc) is 3.13. The van der Waals surface area contributed by atoms with Gasteiger partial charge in [-0.05, 0) is 19.8 Å². The minimum absolute atomic E-state index is 0.691. The lowest BCUT2D eigenvalue weighted by Gasteiger charge is -2.11. The van der Waals surface area contributed by atoms with Gasteiger partial charge in [0, 0.05) is 37.3 Å². The number of rotatable bonds is 4. The van der Waals surface area contributed by atoms with E-state index in [9.17, 15) is 0 Å². The molecule has 1 aliphatic rings. The standard InChI is InChI=1S/C15H22N6S/c1-11-10-22-14(19-11)8-18-15(16-2)17-7-12-9-21-6-4-3-5-13(21)20-12/h9-10H,3-8H2,1-2H3,(H2,16,17,18). The number of nitrogens with zero attached hydrogens (tertiary/aromatic N) is 4. The summed E-state index contributed by atoms with van der Waals surface area (Å²) in [6, 6.07) is 0. The third kappa shape index (κ3) is 3.65. The number of thiazole rings is 1. The van der Waals surface area contributed by atoms with Crippen LogP contribution in [-0.2, 0) is 26.1 Å². The van der Waals surface area contributed by atoms with Crippen molar-refractivity contribution in [3.05, 3.63) is 33.8 Å². The van der Waals surface area contributed by atoms with E-state index < -0.39 is 0 Å². The summed E-state index contributed by atoms with van der Waals surface area (Å²) in [7, 11) is 1.78. The Morgan fingerprint density at radius 1 is 1.32 bits per heavy atom. The Hall–Kier alpha value is -1.89. The van der Waals surface area contributed by atoms with Gasteiger partial charge < -0.3 is 15.2 Å². The molecule has 0 saturated heterocycles. The molecule has 0 amide bonds. The van der Waals surface area contributed by atoms with E-state index in [1.165, 1.54) is 18.7 Å². The summed E-state index contributed by atoms with van der Waals surface area (Å²) in [6.07, 6.45) is 5.75. The number of imidazole rings is 1. The van der Waals surface area contributed by atoms with Gasteiger partial charge in [0.2, 0.25) is 0 Å². The van der Waals surface area contributed by atoms with Crippen LogP contribution in [0, 0.1) is 6.92 Å². The van der Waals surface area contributed by atoms with E-state index in [0.29, 0.717) is 13.1 Å². The molecule has 0 aliphatic carbocycles. The number of fused-ring (bicyclic) bond motifs is 1. The third-order valence-corrected chi connectivity index (χ3v) is 4.66.